The maximum atomic E-state index is 4.40. The number of anilines is 1. The third kappa shape index (κ3) is 3.22. The van der Waals surface area contributed by atoms with Gasteiger partial charge < -0.3 is 5.32 Å². The summed E-state index contributed by atoms with van der Waals surface area (Å²) in [5.74, 6) is 0. The normalized spacial score (nSPS) is 10.7. The molecule has 106 valence electrons. The smallest absolute Gasteiger partial charge is 0.0705 e. The lowest BCUT2D eigenvalue weighted by Crippen LogP contribution is -2.00. The van der Waals surface area contributed by atoms with Crippen molar-refractivity contribution in [2.24, 2.45) is 0 Å². The van der Waals surface area contributed by atoms with E-state index in [0.717, 1.165) is 24.2 Å². The zero-order valence-corrected chi connectivity index (χ0v) is 12.3. The van der Waals surface area contributed by atoms with Gasteiger partial charge in [0.2, 0.25) is 0 Å². The lowest BCUT2D eigenvalue weighted by atomic mass is 10.1. The number of pyridine rings is 1. The first-order valence-electron chi connectivity index (χ1n) is 7.52. The van der Waals surface area contributed by atoms with E-state index in [2.05, 4.69) is 65.8 Å². The minimum atomic E-state index is 0.816. The van der Waals surface area contributed by atoms with Crippen LogP contribution >= 0.6 is 0 Å². The molecule has 2 aromatic carbocycles. The molecule has 2 nitrogen and oxygen atoms in total. The molecule has 0 fully saturated rings. The van der Waals surface area contributed by atoms with Gasteiger partial charge in [-0.05, 0) is 41.8 Å². The molecule has 3 aromatic rings. The first kappa shape index (κ1) is 13.6. The topological polar surface area (TPSA) is 24.9 Å². The number of nitrogens with one attached hydrogen (secondary N) is 1. The second-order valence-electron chi connectivity index (χ2n) is 5.29. The summed E-state index contributed by atoms with van der Waals surface area (Å²) in [6.07, 6.45) is 4.22. The molecule has 0 saturated heterocycles. The zero-order chi connectivity index (χ0) is 14.5. The first-order valence-corrected chi connectivity index (χ1v) is 7.52. The van der Waals surface area contributed by atoms with Gasteiger partial charge in [-0.1, -0.05) is 43.7 Å². The highest BCUT2D eigenvalue weighted by molar-refractivity contribution is 5.82. The molecule has 0 saturated carbocycles. The molecule has 0 aliphatic heterocycles. The Labute approximate surface area is 125 Å². The SMILES string of the molecule is CCCc1ccc(NCc2ccnc3ccccc23)cc1. The van der Waals surface area contributed by atoms with Crippen molar-refractivity contribution in [1.29, 1.82) is 0 Å². The van der Waals surface area contributed by atoms with Gasteiger partial charge in [0.25, 0.3) is 0 Å². The molecule has 2 heteroatoms. The van der Waals surface area contributed by atoms with Crippen LogP contribution in [0.2, 0.25) is 0 Å². The summed E-state index contributed by atoms with van der Waals surface area (Å²) in [6.45, 7) is 3.02. The van der Waals surface area contributed by atoms with E-state index in [0.29, 0.717) is 0 Å². The molecule has 1 heterocycles. The number of fused-ring (bicyclic) bond motifs is 1. The van der Waals surface area contributed by atoms with Crippen LogP contribution in [0.4, 0.5) is 5.69 Å². The van der Waals surface area contributed by atoms with Gasteiger partial charge in [-0.25, -0.2) is 0 Å². The van der Waals surface area contributed by atoms with Crippen LogP contribution in [0.3, 0.4) is 0 Å². The van der Waals surface area contributed by atoms with Crippen LogP contribution in [-0.4, -0.2) is 4.98 Å². The molecule has 0 radical (unpaired) electrons. The Hall–Kier alpha value is -2.35. The standard InChI is InChI=1S/C19H20N2/c1-2-5-15-8-10-17(11-9-15)21-14-16-12-13-20-19-7-4-3-6-18(16)19/h3-4,6-13,21H,2,5,14H2,1H3. The molecule has 0 aliphatic rings. The monoisotopic (exact) mass is 276 g/mol. The minimum absolute atomic E-state index is 0.816. The van der Waals surface area contributed by atoms with Gasteiger partial charge in [0.05, 0.1) is 5.52 Å². The Kier molecular flexibility index (Phi) is 4.15. The molecule has 1 N–H and O–H groups in total. The third-order valence-electron chi connectivity index (χ3n) is 3.71. The average molecular weight is 276 g/mol. The summed E-state index contributed by atoms with van der Waals surface area (Å²) in [5, 5.41) is 4.71. The Morgan fingerprint density at radius 3 is 2.57 bits per heavy atom. The van der Waals surface area contributed by atoms with Crippen molar-refractivity contribution in [3.63, 3.8) is 0 Å². The number of aryl methyl sites for hydroxylation is 1. The number of rotatable bonds is 5. The Balaban J connectivity index is 1.74. The van der Waals surface area contributed by atoms with Crippen molar-refractivity contribution < 1.29 is 0 Å². The molecule has 0 atom stereocenters. The molecule has 0 amide bonds. The molecular formula is C19H20N2. The van der Waals surface area contributed by atoms with Crippen LogP contribution < -0.4 is 5.32 Å². The lowest BCUT2D eigenvalue weighted by molar-refractivity contribution is 0.922. The molecule has 0 spiro atoms. The molecule has 3 rings (SSSR count). The number of nitrogens with zero attached hydrogens (tertiary/aromatic N) is 1. The van der Waals surface area contributed by atoms with E-state index >= 15 is 0 Å². The number of benzene rings is 2. The fourth-order valence-corrected chi connectivity index (χ4v) is 2.58. The van der Waals surface area contributed by atoms with E-state index in [1.807, 2.05) is 12.3 Å². The fraction of sp³-hybridized carbons (Fsp3) is 0.211. The van der Waals surface area contributed by atoms with Crippen LogP contribution in [0, 0.1) is 0 Å². The maximum absolute atomic E-state index is 4.40. The summed E-state index contributed by atoms with van der Waals surface area (Å²) in [6, 6.07) is 19.1. The van der Waals surface area contributed by atoms with Gasteiger partial charge in [0.15, 0.2) is 0 Å². The van der Waals surface area contributed by atoms with Gasteiger partial charge >= 0.3 is 0 Å². The molecule has 0 aliphatic carbocycles. The van der Waals surface area contributed by atoms with Crippen molar-refractivity contribution in [3.8, 4) is 0 Å². The molecule has 0 unspecified atom stereocenters. The van der Waals surface area contributed by atoms with Crippen molar-refractivity contribution in [2.75, 3.05) is 5.32 Å². The highest BCUT2D eigenvalue weighted by atomic mass is 14.9. The van der Waals surface area contributed by atoms with Crippen LogP contribution in [0.5, 0.6) is 0 Å². The number of para-hydroxylation sites is 1. The summed E-state index contributed by atoms with van der Waals surface area (Å²) in [4.78, 5) is 4.40. The summed E-state index contributed by atoms with van der Waals surface area (Å²) < 4.78 is 0. The molecule has 1 aromatic heterocycles. The second-order valence-corrected chi connectivity index (χ2v) is 5.29. The Bertz CT molecular complexity index is 712. The molecule has 0 bridgehead atoms. The van der Waals surface area contributed by atoms with Crippen molar-refractivity contribution in [1.82, 2.24) is 4.98 Å². The summed E-state index contributed by atoms with van der Waals surface area (Å²) in [7, 11) is 0. The first-order chi connectivity index (χ1) is 10.4. The van der Waals surface area contributed by atoms with Crippen molar-refractivity contribution in [3.05, 3.63) is 71.9 Å². The molecule has 21 heavy (non-hydrogen) atoms. The number of hydrogen-bond donors (Lipinski definition) is 1. The highest BCUT2D eigenvalue weighted by Gasteiger charge is 2.01. The average Bonchev–Trinajstić information content (AvgIpc) is 2.54. The summed E-state index contributed by atoms with van der Waals surface area (Å²) in [5.41, 5.74) is 4.89. The van der Waals surface area contributed by atoms with E-state index < -0.39 is 0 Å². The van der Waals surface area contributed by atoms with E-state index in [4.69, 9.17) is 0 Å². The molecular weight excluding hydrogens is 256 g/mol. The number of aromatic nitrogens is 1. The van der Waals surface area contributed by atoms with Gasteiger partial charge in [0, 0.05) is 23.8 Å². The van der Waals surface area contributed by atoms with E-state index in [-0.39, 0.29) is 0 Å². The predicted octanol–water partition coefficient (Wildman–Crippen LogP) is 4.80. The fourth-order valence-electron chi connectivity index (χ4n) is 2.58. The van der Waals surface area contributed by atoms with Gasteiger partial charge in [0.1, 0.15) is 0 Å². The van der Waals surface area contributed by atoms with E-state index in [9.17, 15) is 0 Å². The lowest BCUT2D eigenvalue weighted by Gasteiger charge is -2.09. The van der Waals surface area contributed by atoms with Gasteiger partial charge in [-0.2, -0.15) is 0 Å². The quantitative estimate of drug-likeness (QED) is 0.724. The van der Waals surface area contributed by atoms with Crippen LogP contribution in [0.15, 0.2) is 60.8 Å². The van der Waals surface area contributed by atoms with Crippen LogP contribution in [-0.2, 0) is 13.0 Å². The van der Waals surface area contributed by atoms with Crippen LogP contribution in [0.25, 0.3) is 10.9 Å². The number of hydrogen-bond acceptors (Lipinski definition) is 2. The van der Waals surface area contributed by atoms with E-state index in [1.165, 1.54) is 22.9 Å². The summed E-state index contributed by atoms with van der Waals surface area (Å²) >= 11 is 0. The third-order valence-corrected chi connectivity index (χ3v) is 3.71. The predicted molar refractivity (Wildman–Crippen MR) is 89.5 cm³/mol. The maximum Gasteiger partial charge on any atom is 0.0705 e. The zero-order valence-electron chi connectivity index (χ0n) is 12.3. The highest BCUT2D eigenvalue weighted by Crippen LogP contribution is 2.18. The largest absolute Gasteiger partial charge is 0.381 e. The van der Waals surface area contributed by atoms with Gasteiger partial charge in [-0.15, -0.1) is 0 Å². The van der Waals surface area contributed by atoms with Crippen molar-refractivity contribution >= 4 is 16.6 Å². The van der Waals surface area contributed by atoms with Gasteiger partial charge in [-0.3, -0.25) is 4.98 Å². The second kappa shape index (κ2) is 6.40. The van der Waals surface area contributed by atoms with E-state index in [1.54, 1.807) is 0 Å². The Morgan fingerprint density at radius 2 is 1.76 bits per heavy atom. The Morgan fingerprint density at radius 1 is 0.952 bits per heavy atom. The van der Waals surface area contributed by atoms with Crippen molar-refractivity contribution in [2.45, 2.75) is 26.3 Å². The van der Waals surface area contributed by atoms with Crippen LogP contribution in [0.1, 0.15) is 24.5 Å². The minimum Gasteiger partial charge on any atom is -0.381 e.